The number of carbonyl (C=O) groups is 2. The number of hydrogen-bond acceptors (Lipinski definition) is 12. The number of likely N-dealkylation sites (N-methyl/N-ethyl adjacent to an activating group) is 1. The van der Waals surface area contributed by atoms with E-state index in [9.17, 15) is 14.7 Å². The van der Waals surface area contributed by atoms with Crippen LogP contribution in [0.4, 0.5) is 15.1 Å². The molecule has 2 N–H and O–H groups in total. The van der Waals surface area contributed by atoms with Crippen molar-refractivity contribution in [2.24, 2.45) is 0 Å². The summed E-state index contributed by atoms with van der Waals surface area (Å²) in [5.41, 5.74) is 6.79. The number of carboxylic acid groups (broad SMARTS) is 1. The first-order chi connectivity index (χ1) is 26.8. The van der Waals surface area contributed by atoms with Gasteiger partial charge in [0.15, 0.2) is 10.3 Å². The Morgan fingerprint density at radius 3 is 2.56 bits per heavy atom. The molecule has 284 valence electrons. The van der Waals surface area contributed by atoms with Crippen LogP contribution in [0, 0.1) is 6.92 Å². The molecule has 1 amide bonds. The van der Waals surface area contributed by atoms with E-state index in [0.717, 1.165) is 76.1 Å². The highest BCUT2D eigenvalue weighted by atomic mass is 32.1. The second-order valence-corrected chi connectivity index (χ2v) is 15.9. The summed E-state index contributed by atoms with van der Waals surface area (Å²) in [6.07, 6.45) is 2.43. The first-order valence-corrected chi connectivity index (χ1v) is 20.0. The van der Waals surface area contributed by atoms with E-state index in [2.05, 4.69) is 49.1 Å². The molecule has 6 aromatic rings. The van der Waals surface area contributed by atoms with E-state index in [0.29, 0.717) is 54.8 Å². The van der Waals surface area contributed by atoms with Crippen LogP contribution in [0.2, 0.25) is 0 Å². The third-order valence-electron chi connectivity index (χ3n) is 10.1. The van der Waals surface area contributed by atoms with E-state index < -0.39 is 6.16 Å². The van der Waals surface area contributed by atoms with Crippen LogP contribution in [0.15, 0.2) is 72.9 Å². The van der Waals surface area contributed by atoms with Gasteiger partial charge >= 0.3 is 6.16 Å². The molecule has 13 nitrogen and oxygen atoms in total. The lowest BCUT2D eigenvalue weighted by molar-refractivity contribution is 0.102. The number of fused-ring (bicyclic) bond motifs is 2. The predicted molar refractivity (Wildman–Crippen MR) is 214 cm³/mol. The van der Waals surface area contributed by atoms with Gasteiger partial charge in [-0.2, -0.15) is 10.1 Å². The second kappa shape index (κ2) is 16.2. The first-order valence-electron chi connectivity index (χ1n) is 18.4. The third-order valence-corrected chi connectivity index (χ3v) is 12.2. The Labute approximate surface area is 326 Å². The normalized spacial score (nSPS) is 14.9. The Bertz CT molecular complexity index is 2280. The molecule has 0 spiro atoms. The van der Waals surface area contributed by atoms with Gasteiger partial charge < -0.3 is 24.4 Å². The van der Waals surface area contributed by atoms with Crippen molar-refractivity contribution in [1.29, 1.82) is 0 Å². The Kier molecular flexibility index (Phi) is 10.8. The van der Waals surface area contributed by atoms with Gasteiger partial charge in [-0.1, -0.05) is 46.9 Å². The molecule has 1 saturated heterocycles. The van der Waals surface area contributed by atoms with Crippen molar-refractivity contribution in [1.82, 2.24) is 29.5 Å². The van der Waals surface area contributed by atoms with Crippen LogP contribution in [0.5, 0.6) is 11.6 Å². The van der Waals surface area contributed by atoms with Crippen molar-refractivity contribution in [3.63, 3.8) is 0 Å². The van der Waals surface area contributed by atoms with Gasteiger partial charge in [-0.15, -0.1) is 0 Å². The molecule has 0 saturated carbocycles. The molecule has 15 heteroatoms. The van der Waals surface area contributed by atoms with Crippen LogP contribution in [0.25, 0.3) is 15.9 Å². The fourth-order valence-corrected chi connectivity index (χ4v) is 8.96. The molecule has 0 unspecified atom stereocenters. The van der Waals surface area contributed by atoms with Crippen LogP contribution in [-0.4, -0.2) is 93.1 Å². The van der Waals surface area contributed by atoms with Crippen LogP contribution in [0.1, 0.15) is 44.0 Å². The average Bonchev–Trinajstić information content (AvgIpc) is 3.90. The van der Waals surface area contributed by atoms with Crippen LogP contribution in [-0.2, 0) is 25.9 Å². The maximum atomic E-state index is 13.5. The quantitative estimate of drug-likeness (QED) is 0.0994. The average molecular weight is 779 g/mol. The fraction of sp³-hybridized carbons (Fsp3) is 0.325. The number of thiazole rings is 2. The highest BCUT2D eigenvalue weighted by molar-refractivity contribution is 7.22. The third kappa shape index (κ3) is 8.34. The summed E-state index contributed by atoms with van der Waals surface area (Å²) in [7, 11) is 2.17. The zero-order valence-corrected chi connectivity index (χ0v) is 32.4. The molecule has 55 heavy (non-hydrogen) atoms. The fourth-order valence-electron chi connectivity index (χ4n) is 7.04. The van der Waals surface area contributed by atoms with Gasteiger partial charge in [0, 0.05) is 62.6 Å². The molecule has 3 aromatic heterocycles. The van der Waals surface area contributed by atoms with E-state index in [-0.39, 0.29) is 11.8 Å². The molecule has 1 fully saturated rings. The minimum absolute atomic E-state index is 0.0890. The number of piperazine rings is 1. The largest absolute Gasteiger partial charge is 0.512 e. The number of hydrogen-bond donors (Lipinski definition) is 2. The molecule has 8 rings (SSSR count). The summed E-state index contributed by atoms with van der Waals surface area (Å²) in [5.74, 6) is 0.615. The molecule has 2 aliphatic rings. The molecule has 3 aromatic carbocycles. The number of nitrogens with one attached hydrogen (secondary N) is 1. The summed E-state index contributed by atoms with van der Waals surface area (Å²) in [6, 6.07) is 21.5. The van der Waals surface area contributed by atoms with Crippen molar-refractivity contribution in [2.75, 3.05) is 56.6 Å². The van der Waals surface area contributed by atoms with Gasteiger partial charge in [-0.05, 0) is 86.8 Å². The van der Waals surface area contributed by atoms with E-state index in [1.165, 1.54) is 28.2 Å². The van der Waals surface area contributed by atoms with Crippen molar-refractivity contribution in [3.8, 4) is 17.3 Å². The lowest BCUT2D eigenvalue weighted by Crippen LogP contribution is -2.43. The lowest BCUT2D eigenvalue weighted by Gasteiger charge is -2.32. The number of rotatable bonds is 12. The molecule has 0 atom stereocenters. The van der Waals surface area contributed by atoms with Gasteiger partial charge in [-0.3, -0.25) is 15.0 Å². The highest BCUT2D eigenvalue weighted by Gasteiger charge is 2.26. The Morgan fingerprint density at radius 2 is 1.76 bits per heavy atom. The minimum atomic E-state index is -1.41. The van der Waals surface area contributed by atoms with Crippen LogP contribution in [0.3, 0.4) is 0 Å². The Morgan fingerprint density at radius 1 is 0.945 bits per heavy atom. The van der Waals surface area contributed by atoms with Gasteiger partial charge in [0.1, 0.15) is 5.75 Å². The molecule has 0 radical (unpaired) electrons. The number of para-hydroxylation sites is 1. The molecular formula is C40H42N8O5S2. The van der Waals surface area contributed by atoms with Gasteiger partial charge in [0.25, 0.3) is 5.91 Å². The summed E-state index contributed by atoms with van der Waals surface area (Å²) in [6.45, 7) is 8.87. The highest BCUT2D eigenvalue weighted by Crippen LogP contribution is 2.36. The molecule has 0 aliphatic carbocycles. The summed E-state index contributed by atoms with van der Waals surface area (Å²) in [4.78, 5) is 42.0. The van der Waals surface area contributed by atoms with Crippen molar-refractivity contribution >= 4 is 55.2 Å². The summed E-state index contributed by atoms with van der Waals surface area (Å²) in [5, 5.41) is 18.3. The van der Waals surface area contributed by atoms with Gasteiger partial charge in [0.2, 0.25) is 5.88 Å². The zero-order chi connectivity index (χ0) is 37.9. The molecular weight excluding hydrogens is 737 g/mol. The number of carbonyl (C=O) groups excluding carboxylic acids is 1. The number of ether oxygens (including phenoxy) is 2. The van der Waals surface area contributed by atoms with Crippen molar-refractivity contribution < 1.29 is 24.2 Å². The van der Waals surface area contributed by atoms with E-state index in [4.69, 9.17) is 9.47 Å². The number of aryl methyl sites for hydroxylation is 1. The molecule has 2 aliphatic heterocycles. The van der Waals surface area contributed by atoms with E-state index >= 15 is 0 Å². The van der Waals surface area contributed by atoms with Gasteiger partial charge in [-0.25, -0.2) is 14.5 Å². The molecule has 0 bridgehead atoms. The standard InChI is InChI=1S/C40H42N8O5S2/c1-26-28(24-46-20-18-45(2)19-21-46)23-41-48(26)29-12-14-30(15-13-29)52-22-6-11-35-37(53-40(50)51)44-39(55-35)47-17-16-27-7-5-8-31(32(27)25-47)36(49)43-38-42-33-9-3-4-10-34(33)54-38/h3-5,7-10,12-15,23H,6,11,16-22,24-25H2,1-2H3,(H,50,51)(H,42,43,49). The van der Waals surface area contributed by atoms with Crippen molar-refractivity contribution in [2.45, 2.75) is 39.3 Å². The van der Waals surface area contributed by atoms with Crippen molar-refractivity contribution in [3.05, 3.63) is 106 Å². The number of nitrogens with zero attached hydrogens (tertiary/aromatic N) is 7. The maximum absolute atomic E-state index is 13.5. The predicted octanol–water partition coefficient (Wildman–Crippen LogP) is 6.88. The smallest absolute Gasteiger partial charge is 0.494 e. The Hall–Kier alpha value is -5.35. The number of anilines is 2. The zero-order valence-electron chi connectivity index (χ0n) is 30.7. The Balaban J connectivity index is 0.884. The first kappa shape index (κ1) is 36.6. The SMILES string of the molecule is Cc1c(CN2CCN(C)CC2)cnn1-c1ccc(OCCCc2sc(N3CCc4cccc(C(=O)Nc5nc6ccccc6s5)c4C3)nc2OC(=O)O)cc1. The number of aromatic nitrogens is 4. The maximum Gasteiger partial charge on any atom is 0.512 e. The summed E-state index contributed by atoms with van der Waals surface area (Å²) < 4.78 is 14.2. The topological polar surface area (TPSA) is 138 Å². The van der Waals surface area contributed by atoms with E-state index in [1.54, 1.807) is 0 Å². The van der Waals surface area contributed by atoms with Gasteiger partial charge in [0.05, 0.1) is 33.6 Å². The summed E-state index contributed by atoms with van der Waals surface area (Å²) >= 11 is 2.85. The molecule has 5 heterocycles. The van der Waals surface area contributed by atoms with Crippen LogP contribution >= 0.6 is 22.7 Å². The lowest BCUT2D eigenvalue weighted by atomic mass is 9.94. The van der Waals surface area contributed by atoms with E-state index in [1.807, 2.05) is 77.6 Å². The van der Waals surface area contributed by atoms with Crippen LogP contribution < -0.4 is 19.7 Å². The monoisotopic (exact) mass is 778 g/mol. The number of amides is 1. The second-order valence-electron chi connectivity index (χ2n) is 13.8. The number of benzene rings is 3. The minimum Gasteiger partial charge on any atom is -0.494 e.